The lowest BCUT2D eigenvalue weighted by atomic mass is 10.0. The van der Waals surface area contributed by atoms with Crippen molar-refractivity contribution in [1.82, 2.24) is 39.3 Å². The molecular weight excluding hydrogens is 918 g/mol. The van der Waals surface area contributed by atoms with Crippen molar-refractivity contribution in [3.8, 4) is 28.6 Å². The Kier molecular flexibility index (Phi) is 14.2. The average Bonchev–Trinajstić information content (AvgIpc) is 3.94. The summed E-state index contributed by atoms with van der Waals surface area (Å²) in [6.07, 6.45) is -5.36. The highest BCUT2D eigenvalue weighted by atomic mass is 19.4. The number of pyridine rings is 2. The average molecular weight is 958 g/mol. The Bertz CT molecular complexity index is 2850. The third-order valence-electron chi connectivity index (χ3n) is 11.1. The minimum absolute atomic E-state index is 0.0168. The number of nitriles is 1. The van der Waals surface area contributed by atoms with Gasteiger partial charge in [-0.25, -0.2) is 27.9 Å². The number of nitrogens with one attached hydrogen (secondary N) is 1. The summed E-state index contributed by atoms with van der Waals surface area (Å²) in [6, 6.07) is 15.3. The molecule has 2 aromatic carbocycles. The van der Waals surface area contributed by atoms with E-state index < -0.39 is 70.3 Å². The van der Waals surface area contributed by atoms with E-state index >= 15 is 0 Å². The van der Waals surface area contributed by atoms with Crippen LogP contribution in [0.5, 0.6) is 0 Å². The number of fused-ring (bicyclic) bond motifs is 2. The molecule has 6 heterocycles. The summed E-state index contributed by atoms with van der Waals surface area (Å²) < 4.78 is 121. The molecule has 23 heteroatoms. The molecule has 0 saturated carbocycles. The fourth-order valence-corrected chi connectivity index (χ4v) is 7.34. The van der Waals surface area contributed by atoms with Crippen molar-refractivity contribution in [3.05, 3.63) is 143 Å². The molecular formula is C45H40F9N9O5. The van der Waals surface area contributed by atoms with Gasteiger partial charge in [-0.05, 0) is 76.2 Å². The lowest BCUT2D eigenvalue weighted by molar-refractivity contribution is -0.263. The van der Waals surface area contributed by atoms with Crippen LogP contribution in [0.4, 0.5) is 39.5 Å². The van der Waals surface area contributed by atoms with Gasteiger partial charge < -0.3 is 34.7 Å². The highest BCUT2D eigenvalue weighted by molar-refractivity contribution is 5.95. The number of carboxylic acids is 1. The van der Waals surface area contributed by atoms with Gasteiger partial charge in [0.1, 0.15) is 5.82 Å². The van der Waals surface area contributed by atoms with Gasteiger partial charge >= 0.3 is 18.3 Å². The molecule has 0 radical (unpaired) electrons. The number of alkyl halides is 6. The standard InChI is InChI=1S/C23H19F4N5O2.C12H7F2NO2.C10H14F3N3O/c1-13-11-31(12-16-9-30-21(32(13)16)22(2,34)23(25,26)27)20(33)17-7-19(29-10-18(17)24)15-5-3-14(8-28)4-6-15;13-8-3-1-7(2-4-8)11-5-9(12(16)17)10(14)6-15-11;1-6-3-14-4-7-5-15-8(16(6)7)9(2,17)10(11,12)13/h3-7,9-10,13,34H,11-12H2,1-2H3;1-6H,(H,16,17);5-6,14,17H,3-4H2,1-2H3/t13-,22+;;6-,9+/m0.0/s1. The molecule has 0 aliphatic carbocycles. The summed E-state index contributed by atoms with van der Waals surface area (Å²) in [5.74, 6) is -5.07. The van der Waals surface area contributed by atoms with Gasteiger partial charge in [0.05, 0.1) is 76.7 Å². The monoisotopic (exact) mass is 957 g/mol. The first-order chi connectivity index (χ1) is 31.8. The van der Waals surface area contributed by atoms with Crippen molar-refractivity contribution in [2.45, 2.75) is 76.4 Å². The van der Waals surface area contributed by atoms with Crippen LogP contribution in [0.25, 0.3) is 22.5 Å². The minimum atomic E-state index is -4.94. The molecule has 68 heavy (non-hydrogen) atoms. The summed E-state index contributed by atoms with van der Waals surface area (Å²) in [5, 5.41) is 40.5. The largest absolute Gasteiger partial charge is 0.478 e. The van der Waals surface area contributed by atoms with Crippen LogP contribution in [0.2, 0.25) is 0 Å². The third-order valence-corrected chi connectivity index (χ3v) is 11.1. The van der Waals surface area contributed by atoms with Gasteiger partial charge in [0.2, 0.25) is 11.2 Å². The molecule has 0 saturated heterocycles. The summed E-state index contributed by atoms with van der Waals surface area (Å²) in [4.78, 5) is 40.5. The molecule has 358 valence electrons. The highest BCUT2D eigenvalue weighted by Crippen LogP contribution is 2.41. The van der Waals surface area contributed by atoms with E-state index in [1.165, 1.54) is 56.8 Å². The van der Waals surface area contributed by atoms with E-state index in [0.717, 1.165) is 25.4 Å². The molecule has 4 atom stereocenters. The topological polar surface area (TPSA) is 195 Å². The number of amides is 1. The Labute approximate surface area is 381 Å². The maximum Gasteiger partial charge on any atom is 0.424 e. The smallest absolute Gasteiger partial charge is 0.424 e. The summed E-state index contributed by atoms with van der Waals surface area (Å²) in [7, 11) is 0. The Hall–Kier alpha value is -7.16. The number of aromatic nitrogens is 6. The first-order valence-corrected chi connectivity index (χ1v) is 20.3. The van der Waals surface area contributed by atoms with Crippen LogP contribution in [0.1, 0.15) is 89.1 Å². The molecule has 2 aliphatic heterocycles. The number of nitrogens with zero attached hydrogens (tertiary/aromatic N) is 8. The Morgan fingerprint density at radius 1 is 0.706 bits per heavy atom. The fraction of sp³-hybridized carbons (Fsp3) is 0.311. The number of aliphatic hydroxyl groups is 2. The predicted octanol–water partition coefficient (Wildman–Crippen LogP) is 7.98. The number of carbonyl (C=O) groups excluding carboxylic acids is 1. The second-order valence-corrected chi connectivity index (χ2v) is 16.1. The molecule has 4 N–H and O–H groups in total. The van der Waals surface area contributed by atoms with E-state index in [2.05, 4.69) is 25.3 Å². The second kappa shape index (κ2) is 19.2. The molecule has 8 rings (SSSR count). The molecule has 0 spiro atoms. The predicted molar refractivity (Wildman–Crippen MR) is 222 cm³/mol. The number of imidazole rings is 2. The Morgan fingerprint density at radius 2 is 1.18 bits per heavy atom. The Balaban J connectivity index is 0.000000187. The lowest BCUT2D eigenvalue weighted by Crippen LogP contribution is -2.45. The van der Waals surface area contributed by atoms with E-state index in [0.29, 0.717) is 48.1 Å². The van der Waals surface area contributed by atoms with Crippen LogP contribution < -0.4 is 5.32 Å². The van der Waals surface area contributed by atoms with E-state index in [9.17, 15) is 59.3 Å². The van der Waals surface area contributed by atoms with Crippen LogP contribution in [-0.2, 0) is 24.3 Å². The van der Waals surface area contributed by atoms with Crippen molar-refractivity contribution >= 4 is 11.9 Å². The number of aromatic carboxylic acids is 1. The van der Waals surface area contributed by atoms with Crippen LogP contribution in [0, 0.1) is 28.8 Å². The molecule has 0 fully saturated rings. The van der Waals surface area contributed by atoms with E-state index in [1.807, 2.05) is 6.07 Å². The summed E-state index contributed by atoms with van der Waals surface area (Å²) in [6.45, 7) is 5.63. The van der Waals surface area contributed by atoms with E-state index in [1.54, 1.807) is 38.1 Å². The van der Waals surface area contributed by atoms with Gasteiger partial charge in [0, 0.05) is 43.0 Å². The number of carbonyl (C=O) groups is 2. The molecule has 2 aliphatic rings. The summed E-state index contributed by atoms with van der Waals surface area (Å²) >= 11 is 0. The molecule has 0 bridgehead atoms. The quantitative estimate of drug-likeness (QED) is 0.118. The fourth-order valence-electron chi connectivity index (χ4n) is 7.34. The van der Waals surface area contributed by atoms with Crippen molar-refractivity contribution in [3.63, 3.8) is 0 Å². The maximum atomic E-state index is 14.6. The number of rotatable bonds is 6. The van der Waals surface area contributed by atoms with Crippen LogP contribution in [0.15, 0.2) is 85.5 Å². The van der Waals surface area contributed by atoms with Gasteiger partial charge in [-0.2, -0.15) is 31.6 Å². The van der Waals surface area contributed by atoms with Gasteiger partial charge in [-0.15, -0.1) is 0 Å². The summed E-state index contributed by atoms with van der Waals surface area (Å²) in [5.41, 5.74) is -3.70. The third kappa shape index (κ3) is 10.2. The molecule has 0 unspecified atom stereocenters. The zero-order valence-electron chi connectivity index (χ0n) is 36.2. The van der Waals surface area contributed by atoms with Crippen molar-refractivity contribution in [1.29, 1.82) is 5.26 Å². The van der Waals surface area contributed by atoms with Crippen molar-refractivity contribution < 1.29 is 64.4 Å². The van der Waals surface area contributed by atoms with Crippen LogP contribution in [0.3, 0.4) is 0 Å². The molecule has 4 aromatic heterocycles. The zero-order valence-corrected chi connectivity index (χ0v) is 36.2. The van der Waals surface area contributed by atoms with Crippen molar-refractivity contribution in [2.24, 2.45) is 0 Å². The minimum Gasteiger partial charge on any atom is -0.478 e. The molecule has 1 amide bonds. The number of benzene rings is 2. The number of halogens is 9. The molecule has 6 aromatic rings. The zero-order chi connectivity index (χ0) is 50.1. The lowest BCUT2D eigenvalue weighted by Gasteiger charge is -2.36. The van der Waals surface area contributed by atoms with Gasteiger partial charge in [0.25, 0.3) is 5.91 Å². The van der Waals surface area contributed by atoms with E-state index in [-0.39, 0.29) is 41.9 Å². The second-order valence-electron chi connectivity index (χ2n) is 16.1. The van der Waals surface area contributed by atoms with Crippen LogP contribution in [-0.4, -0.2) is 86.6 Å². The van der Waals surface area contributed by atoms with Crippen LogP contribution >= 0.6 is 0 Å². The normalized spacial score (nSPS) is 17.4. The molecule has 14 nitrogen and oxygen atoms in total. The number of hydrogen-bond donors (Lipinski definition) is 4. The SMILES string of the molecule is C[C@H]1CN(C(=O)c2cc(-c3ccc(C#N)cc3)ncc2F)Cc2cnc([C@@](C)(O)C(F)(F)F)n21.C[C@H]1CNCc2cnc([C@@](C)(O)C(F)(F)F)n21.O=C(O)c1cc(-c2ccc(F)cc2)ncc1F. The van der Waals surface area contributed by atoms with Gasteiger partial charge in [-0.1, -0.05) is 12.1 Å². The van der Waals surface area contributed by atoms with Crippen molar-refractivity contribution in [2.75, 3.05) is 13.1 Å². The first-order valence-electron chi connectivity index (χ1n) is 20.3. The number of carboxylic acid groups (broad SMARTS) is 1. The van der Waals surface area contributed by atoms with E-state index in [4.69, 9.17) is 10.4 Å². The Morgan fingerprint density at radius 3 is 1.68 bits per heavy atom. The first kappa shape index (κ1) is 50.3. The van der Waals surface area contributed by atoms with Gasteiger partial charge in [0.15, 0.2) is 23.3 Å². The highest BCUT2D eigenvalue weighted by Gasteiger charge is 2.56. The maximum absolute atomic E-state index is 14.6. The number of hydrogen-bond acceptors (Lipinski definition) is 10. The van der Waals surface area contributed by atoms with Gasteiger partial charge in [-0.3, -0.25) is 14.8 Å².